The average Bonchev–Trinajstić information content (AvgIpc) is 3.46. The first-order valence-electron chi connectivity index (χ1n) is 13.1. The monoisotopic (exact) mass is 601 g/mol. The van der Waals surface area contributed by atoms with Gasteiger partial charge in [0.2, 0.25) is 0 Å². The number of allylic oxidation sites excluding steroid dienone is 1. The summed E-state index contributed by atoms with van der Waals surface area (Å²) in [6.07, 6.45) is 3.93. The van der Waals surface area contributed by atoms with Gasteiger partial charge in [-0.25, -0.2) is 9.79 Å². The summed E-state index contributed by atoms with van der Waals surface area (Å²) in [5.74, 6) is -0.471. The van der Waals surface area contributed by atoms with Crippen LogP contribution in [0.25, 0.3) is 17.0 Å². The van der Waals surface area contributed by atoms with Gasteiger partial charge in [-0.15, -0.1) is 0 Å². The molecule has 0 fully saturated rings. The van der Waals surface area contributed by atoms with E-state index < -0.39 is 12.0 Å². The van der Waals surface area contributed by atoms with Crippen molar-refractivity contribution in [3.8, 4) is 0 Å². The Morgan fingerprint density at radius 1 is 1.07 bits per heavy atom. The number of rotatable bonds is 6. The summed E-state index contributed by atoms with van der Waals surface area (Å²) < 4.78 is 9.63. The lowest BCUT2D eigenvalue weighted by Crippen LogP contribution is -2.39. The molecule has 2 aromatic heterocycles. The molecule has 0 aliphatic carbocycles. The van der Waals surface area contributed by atoms with Crippen molar-refractivity contribution in [2.45, 2.75) is 26.4 Å². The third-order valence-corrected chi connectivity index (χ3v) is 8.66. The Bertz CT molecular complexity index is 2020. The van der Waals surface area contributed by atoms with E-state index in [1.165, 1.54) is 11.3 Å². The topological polar surface area (TPSA) is 65.6 Å². The minimum absolute atomic E-state index is 0.213. The Balaban J connectivity index is 1.51. The smallest absolute Gasteiger partial charge is 0.338 e. The van der Waals surface area contributed by atoms with Crippen LogP contribution in [-0.4, -0.2) is 21.7 Å². The number of hydrogen-bond donors (Lipinski definition) is 0. The predicted molar refractivity (Wildman–Crippen MR) is 164 cm³/mol. The Labute approximate surface area is 250 Å². The molecular formula is C32H25Cl2N3O3S. The standard InChI is InChI=1S/C32H25Cl2N3O3S/c1-3-40-31(39)28-19(2)35-32-37(29(28)20-9-5-4-6-10-20)30(38)27(41-32)15-22-18-36(26-12-8-7-11-24(22)26)17-21-13-14-23(33)16-25(21)34/h4-16,18,29H,3,17H2,1-2H3/b27-15+/t29-/m0/s1. The molecule has 0 radical (unpaired) electrons. The van der Waals surface area contributed by atoms with Gasteiger partial charge in [0.1, 0.15) is 0 Å². The van der Waals surface area contributed by atoms with Crippen LogP contribution in [0.1, 0.15) is 36.6 Å². The molecule has 206 valence electrons. The van der Waals surface area contributed by atoms with E-state index in [-0.39, 0.29) is 12.2 Å². The van der Waals surface area contributed by atoms with E-state index in [4.69, 9.17) is 27.9 Å². The zero-order chi connectivity index (χ0) is 28.7. The summed E-state index contributed by atoms with van der Waals surface area (Å²) in [7, 11) is 0. The number of carbonyl (C=O) groups is 1. The lowest BCUT2D eigenvalue weighted by atomic mass is 9.96. The molecule has 1 aliphatic heterocycles. The lowest BCUT2D eigenvalue weighted by Gasteiger charge is -2.24. The second-order valence-electron chi connectivity index (χ2n) is 9.68. The molecule has 1 atom stereocenters. The number of fused-ring (bicyclic) bond motifs is 2. The number of benzene rings is 3. The minimum Gasteiger partial charge on any atom is -0.463 e. The van der Waals surface area contributed by atoms with Crippen LogP contribution in [-0.2, 0) is 16.1 Å². The fraction of sp³-hybridized carbons (Fsp3) is 0.156. The van der Waals surface area contributed by atoms with Crippen molar-refractivity contribution in [1.29, 1.82) is 0 Å². The maximum Gasteiger partial charge on any atom is 0.338 e. The number of esters is 1. The van der Waals surface area contributed by atoms with E-state index in [0.29, 0.717) is 37.2 Å². The van der Waals surface area contributed by atoms with Crippen molar-refractivity contribution in [3.63, 3.8) is 0 Å². The number of nitrogens with zero attached hydrogens (tertiary/aromatic N) is 3. The first-order chi connectivity index (χ1) is 19.9. The van der Waals surface area contributed by atoms with Gasteiger partial charge < -0.3 is 9.30 Å². The van der Waals surface area contributed by atoms with Gasteiger partial charge in [0.05, 0.1) is 28.5 Å². The molecule has 0 saturated carbocycles. The molecule has 0 spiro atoms. The van der Waals surface area contributed by atoms with Crippen LogP contribution in [0.4, 0.5) is 0 Å². The largest absolute Gasteiger partial charge is 0.463 e. The van der Waals surface area contributed by atoms with Gasteiger partial charge in [0, 0.05) is 39.3 Å². The molecule has 5 aromatic rings. The summed E-state index contributed by atoms with van der Waals surface area (Å²) in [5.41, 5.74) is 4.36. The summed E-state index contributed by atoms with van der Waals surface area (Å²) in [6.45, 7) is 4.32. The van der Waals surface area contributed by atoms with Gasteiger partial charge in [-0.2, -0.15) is 0 Å². The van der Waals surface area contributed by atoms with E-state index >= 15 is 0 Å². The van der Waals surface area contributed by atoms with Crippen LogP contribution >= 0.6 is 34.5 Å². The Morgan fingerprint density at radius 2 is 1.83 bits per heavy atom. The van der Waals surface area contributed by atoms with E-state index in [9.17, 15) is 9.59 Å². The third-order valence-electron chi connectivity index (χ3n) is 7.09. The molecule has 6 nitrogen and oxygen atoms in total. The molecule has 3 aromatic carbocycles. The zero-order valence-corrected chi connectivity index (χ0v) is 24.6. The molecule has 0 saturated heterocycles. The van der Waals surface area contributed by atoms with Crippen LogP contribution in [0, 0.1) is 0 Å². The Morgan fingerprint density at radius 3 is 2.59 bits per heavy atom. The molecule has 0 amide bonds. The van der Waals surface area contributed by atoms with Gasteiger partial charge in [-0.1, -0.05) is 89.1 Å². The van der Waals surface area contributed by atoms with E-state index in [1.807, 2.05) is 79.0 Å². The van der Waals surface area contributed by atoms with Crippen molar-refractivity contribution in [1.82, 2.24) is 9.13 Å². The summed E-state index contributed by atoms with van der Waals surface area (Å²) in [5, 5.41) is 2.19. The maximum absolute atomic E-state index is 14.0. The third kappa shape index (κ3) is 5.05. The first-order valence-corrected chi connectivity index (χ1v) is 14.7. The lowest BCUT2D eigenvalue weighted by molar-refractivity contribution is -0.139. The Hall–Kier alpha value is -3.91. The number of carbonyl (C=O) groups excluding carboxylic acids is 1. The van der Waals surface area contributed by atoms with Crippen molar-refractivity contribution in [2.24, 2.45) is 4.99 Å². The van der Waals surface area contributed by atoms with Crippen LogP contribution in [0.5, 0.6) is 0 Å². The SMILES string of the molecule is CCOC(=O)C1=C(C)N=c2s/c(=C/c3cn(Cc4ccc(Cl)cc4Cl)c4ccccc34)c(=O)n2[C@H]1c1ccccc1. The molecule has 0 unspecified atom stereocenters. The predicted octanol–water partition coefficient (Wildman–Crippen LogP) is 6.11. The number of thiazole rings is 1. The summed E-state index contributed by atoms with van der Waals surface area (Å²) in [6, 6.07) is 22.4. The first kappa shape index (κ1) is 27.3. The van der Waals surface area contributed by atoms with Crippen molar-refractivity contribution < 1.29 is 9.53 Å². The van der Waals surface area contributed by atoms with Gasteiger partial charge in [0.25, 0.3) is 5.56 Å². The number of halogens is 2. The van der Waals surface area contributed by atoms with E-state index in [1.54, 1.807) is 24.5 Å². The van der Waals surface area contributed by atoms with Crippen LogP contribution in [0.3, 0.4) is 0 Å². The fourth-order valence-corrected chi connectivity index (χ4v) is 6.74. The molecule has 41 heavy (non-hydrogen) atoms. The highest BCUT2D eigenvalue weighted by atomic mass is 35.5. The summed E-state index contributed by atoms with van der Waals surface area (Å²) >= 11 is 13.9. The van der Waals surface area contributed by atoms with E-state index in [2.05, 4.69) is 9.56 Å². The molecule has 9 heteroatoms. The van der Waals surface area contributed by atoms with Gasteiger partial charge in [-0.3, -0.25) is 9.36 Å². The molecule has 3 heterocycles. The van der Waals surface area contributed by atoms with Crippen molar-refractivity contribution >= 4 is 57.5 Å². The second kappa shape index (κ2) is 11.2. The molecule has 0 N–H and O–H groups in total. The number of para-hydroxylation sites is 1. The molecular weight excluding hydrogens is 577 g/mol. The molecule has 1 aliphatic rings. The average molecular weight is 603 g/mol. The summed E-state index contributed by atoms with van der Waals surface area (Å²) in [4.78, 5) is 32.3. The second-order valence-corrected chi connectivity index (χ2v) is 11.5. The van der Waals surface area contributed by atoms with Crippen molar-refractivity contribution in [2.75, 3.05) is 6.61 Å². The molecule has 6 rings (SSSR count). The van der Waals surface area contributed by atoms with Crippen LogP contribution < -0.4 is 14.9 Å². The van der Waals surface area contributed by atoms with Crippen LogP contribution in [0.15, 0.2) is 100 Å². The number of hydrogen-bond acceptors (Lipinski definition) is 5. The normalized spacial score (nSPS) is 15.2. The maximum atomic E-state index is 14.0. The highest BCUT2D eigenvalue weighted by Gasteiger charge is 2.33. The quantitative estimate of drug-likeness (QED) is 0.221. The fourth-order valence-electron chi connectivity index (χ4n) is 5.24. The highest BCUT2D eigenvalue weighted by Crippen LogP contribution is 2.31. The number of aromatic nitrogens is 2. The van der Waals surface area contributed by atoms with E-state index in [0.717, 1.165) is 27.6 Å². The Kier molecular flexibility index (Phi) is 7.43. The van der Waals surface area contributed by atoms with Gasteiger partial charge in [0.15, 0.2) is 4.80 Å². The van der Waals surface area contributed by atoms with Crippen molar-refractivity contribution in [3.05, 3.63) is 137 Å². The molecule has 0 bridgehead atoms. The number of ether oxygens (including phenoxy) is 1. The minimum atomic E-state index is -0.637. The van der Waals surface area contributed by atoms with Crippen LogP contribution in [0.2, 0.25) is 10.0 Å². The van der Waals surface area contributed by atoms with Gasteiger partial charge in [-0.05, 0) is 49.2 Å². The highest BCUT2D eigenvalue weighted by molar-refractivity contribution is 7.07. The zero-order valence-electron chi connectivity index (χ0n) is 22.3. The van der Waals surface area contributed by atoms with Gasteiger partial charge >= 0.3 is 5.97 Å².